The maximum atomic E-state index is 9.69. The predicted molar refractivity (Wildman–Crippen MR) is 136 cm³/mol. The van der Waals surface area contributed by atoms with Crippen molar-refractivity contribution in [2.75, 3.05) is 0 Å². The number of nitriles is 1. The number of ether oxygens (including phenoxy) is 1. The summed E-state index contributed by atoms with van der Waals surface area (Å²) in [7, 11) is 0. The Labute approximate surface area is 200 Å². The van der Waals surface area contributed by atoms with E-state index in [1.807, 2.05) is 65.2 Å². The van der Waals surface area contributed by atoms with Gasteiger partial charge in [-0.2, -0.15) is 5.26 Å². The molecule has 0 aliphatic heterocycles. The van der Waals surface area contributed by atoms with Gasteiger partial charge in [0.05, 0.1) is 34.4 Å². The van der Waals surface area contributed by atoms with E-state index in [4.69, 9.17) is 4.74 Å². The maximum Gasteiger partial charge on any atom is 0.134 e. The second-order valence-electron chi connectivity index (χ2n) is 7.76. The smallest absolute Gasteiger partial charge is 0.134 e. The Morgan fingerprint density at radius 1 is 1.00 bits per heavy atom. The molecule has 5 aromatic rings. The van der Waals surface area contributed by atoms with Gasteiger partial charge in [0.2, 0.25) is 0 Å². The lowest BCUT2D eigenvalue weighted by Crippen LogP contribution is -1.99. The standard InChI is InChI=1S/C28H20BrN3O/c29-25-15-20(14-21(16-30)17-32-19-31-26-10-3-4-11-27(26)32)12-13-28(25)33-18-23-8-5-7-22-6-1-2-9-24(22)23/h1-15,19H,17-18H2/b21-14-. The van der Waals surface area contributed by atoms with Gasteiger partial charge in [-0.05, 0) is 68.2 Å². The first-order valence-corrected chi connectivity index (χ1v) is 11.4. The van der Waals surface area contributed by atoms with Crippen molar-refractivity contribution in [1.29, 1.82) is 5.26 Å². The fourth-order valence-electron chi connectivity index (χ4n) is 3.93. The molecule has 5 rings (SSSR count). The molecule has 33 heavy (non-hydrogen) atoms. The zero-order chi connectivity index (χ0) is 22.6. The lowest BCUT2D eigenvalue weighted by Gasteiger charge is -2.11. The number of aromatic nitrogens is 2. The lowest BCUT2D eigenvalue weighted by molar-refractivity contribution is 0.305. The Morgan fingerprint density at radius 3 is 2.70 bits per heavy atom. The number of benzene rings is 4. The zero-order valence-electron chi connectivity index (χ0n) is 17.8. The van der Waals surface area contributed by atoms with Crippen LogP contribution in [0.3, 0.4) is 0 Å². The van der Waals surface area contributed by atoms with Crippen molar-refractivity contribution in [3.05, 3.63) is 112 Å². The van der Waals surface area contributed by atoms with Crippen LogP contribution >= 0.6 is 15.9 Å². The molecule has 0 radical (unpaired) electrons. The Hall–Kier alpha value is -3.88. The van der Waals surface area contributed by atoms with Gasteiger partial charge in [0, 0.05) is 5.57 Å². The topological polar surface area (TPSA) is 50.8 Å². The first-order valence-electron chi connectivity index (χ1n) is 10.6. The number of nitrogens with zero attached hydrogens (tertiary/aromatic N) is 3. The van der Waals surface area contributed by atoms with Crippen molar-refractivity contribution < 1.29 is 4.74 Å². The average molecular weight is 494 g/mol. The molecule has 0 fully saturated rings. The van der Waals surface area contributed by atoms with Crippen LogP contribution in [-0.2, 0) is 13.2 Å². The first kappa shape index (κ1) is 21.0. The number of hydrogen-bond acceptors (Lipinski definition) is 3. The van der Waals surface area contributed by atoms with Crippen molar-refractivity contribution >= 4 is 43.8 Å². The lowest BCUT2D eigenvalue weighted by atomic mass is 10.1. The molecule has 4 nitrogen and oxygen atoms in total. The first-order chi connectivity index (χ1) is 16.2. The summed E-state index contributed by atoms with van der Waals surface area (Å²) in [6.07, 6.45) is 3.67. The number of para-hydroxylation sites is 2. The molecule has 0 saturated heterocycles. The van der Waals surface area contributed by atoms with E-state index in [9.17, 15) is 5.26 Å². The molecule has 0 atom stereocenters. The molecule has 4 aromatic carbocycles. The van der Waals surface area contributed by atoms with Crippen LogP contribution in [0.15, 0.2) is 101 Å². The fraction of sp³-hybridized carbons (Fsp3) is 0.0714. The van der Waals surface area contributed by atoms with Crippen LogP contribution in [0.1, 0.15) is 11.1 Å². The van der Waals surface area contributed by atoms with Crippen LogP contribution in [-0.4, -0.2) is 9.55 Å². The van der Waals surface area contributed by atoms with E-state index < -0.39 is 0 Å². The van der Waals surface area contributed by atoms with Crippen LogP contribution in [0, 0.1) is 11.3 Å². The minimum absolute atomic E-state index is 0.466. The Balaban J connectivity index is 1.33. The van der Waals surface area contributed by atoms with Crippen LogP contribution < -0.4 is 4.74 Å². The van der Waals surface area contributed by atoms with Gasteiger partial charge in [0.25, 0.3) is 0 Å². The van der Waals surface area contributed by atoms with Gasteiger partial charge in [-0.25, -0.2) is 4.98 Å². The molecular formula is C28H20BrN3O. The van der Waals surface area contributed by atoms with E-state index >= 15 is 0 Å². The predicted octanol–water partition coefficient (Wildman–Crippen LogP) is 7.14. The number of imidazole rings is 1. The van der Waals surface area contributed by atoms with Crippen LogP contribution in [0.5, 0.6) is 5.75 Å². The van der Waals surface area contributed by atoms with E-state index in [2.05, 4.69) is 57.3 Å². The summed E-state index contributed by atoms with van der Waals surface area (Å²) < 4.78 is 8.94. The van der Waals surface area contributed by atoms with E-state index in [0.717, 1.165) is 32.4 Å². The van der Waals surface area contributed by atoms with Crippen molar-refractivity contribution in [2.45, 2.75) is 13.2 Å². The molecule has 160 valence electrons. The molecule has 1 heterocycles. The third-order valence-electron chi connectivity index (χ3n) is 5.57. The van der Waals surface area contributed by atoms with Crippen molar-refractivity contribution in [3.8, 4) is 11.8 Å². The zero-order valence-corrected chi connectivity index (χ0v) is 19.4. The highest BCUT2D eigenvalue weighted by Crippen LogP contribution is 2.29. The Bertz CT molecular complexity index is 1520. The maximum absolute atomic E-state index is 9.69. The number of allylic oxidation sites excluding steroid dienone is 1. The SMILES string of the molecule is N#C/C(=C/c1ccc(OCc2cccc3ccccc23)c(Br)c1)Cn1cnc2ccccc21. The Kier molecular flexibility index (Phi) is 5.93. The molecule has 5 heteroatoms. The van der Waals surface area contributed by atoms with Crippen LogP contribution in [0.2, 0.25) is 0 Å². The van der Waals surface area contributed by atoms with Crippen molar-refractivity contribution in [2.24, 2.45) is 0 Å². The average Bonchev–Trinajstić information content (AvgIpc) is 3.26. The minimum Gasteiger partial charge on any atom is -0.488 e. The minimum atomic E-state index is 0.466. The second kappa shape index (κ2) is 9.32. The van der Waals surface area contributed by atoms with Crippen molar-refractivity contribution in [3.63, 3.8) is 0 Å². The third kappa shape index (κ3) is 4.52. The molecule has 0 aliphatic carbocycles. The van der Waals surface area contributed by atoms with Crippen LogP contribution in [0.4, 0.5) is 0 Å². The number of fused-ring (bicyclic) bond motifs is 2. The van der Waals surface area contributed by atoms with Gasteiger partial charge < -0.3 is 9.30 Å². The normalized spacial score (nSPS) is 11.6. The molecule has 0 aliphatic rings. The quantitative estimate of drug-likeness (QED) is 0.236. The van der Waals surface area contributed by atoms with E-state index in [-0.39, 0.29) is 0 Å². The van der Waals surface area contributed by atoms with E-state index in [1.54, 1.807) is 6.33 Å². The summed E-state index contributed by atoms with van der Waals surface area (Å²) in [4.78, 5) is 4.41. The summed E-state index contributed by atoms with van der Waals surface area (Å²) in [5, 5.41) is 12.1. The second-order valence-corrected chi connectivity index (χ2v) is 8.61. The number of hydrogen-bond donors (Lipinski definition) is 0. The van der Waals surface area contributed by atoms with Crippen LogP contribution in [0.25, 0.3) is 27.9 Å². The van der Waals surface area contributed by atoms with Crippen molar-refractivity contribution in [1.82, 2.24) is 9.55 Å². The van der Waals surface area contributed by atoms with Gasteiger partial charge in [0.15, 0.2) is 0 Å². The van der Waals surface area contributed by atoms with Gasteiger partial charge in [-0.15, -0.1) is 0 Å². The highest BCUT2D eigenvalue weighted by Gasteiger charge is 2.07. The molecule has 0 amide bonds. The molecule has 0 saturated carbocycles. The summed E-state index contributed by atoms with van der Waals surface area (Å²) in [5.41, 5.74) is 4.65. The molecular weight excluding hydrogens is 474 g/mol. The highest BCUT2D eigenvalue weighted by molar-refractivity contribution is 9.10. The largest absolute Gasteiger partial charge is 0.488 e. The molecule has 0 N–H and O–H groups in total. The summed E-state index contributed by atoms with van der Waals surface area (Å²) in [6.45, 7) is 0.945. The monoisotopic (exact) mass is 493 g/mol. The molecule has 1 aromatic heterocycles. The van der Waals surface area contributed by atoms with E-state index in [0.29, 0.717) is 18.7 Å². The molecule has 0 unspecified atom stereocenters. The van der Waals surface area contributed by atoms with Gasteiger partial charge in [-0.3, -0.25) is 0 Å². The summed E-state index contributed by atoms with van der Waals surface area (Å²) in [5.74, 6) is 0.763. The molecule has 0 spiro atoms. The van der Waals surface area contributed by atoms with Gasteiger partial charge >= 0.3 is 0 Å². The summed E-state index contributed by atoms with van der Waals surface area (Å²) >= 11 is 3.62. The van der Waals surface area contributed by atoms with E-state index in [1.165, 1.54) is 10.8 Å². The fourth-order valence-corrected chi connectivity index (χ4v) is 4.44. The third-order valence-corrected chi connectivity index (χ3v) is 6.19. The highest BCUT2D eigenvalue weighted by atomic mass is 79.9. The summed E-state index contributed by atoms with van der Waals surface area (Å²) in [6, 6.07) is 30.7. The van der Waals surface area contributed by atoms with Gasteiger partial charge in [0.1, 0.15) is 12.4 Å². The number of rotatable bonds is 6. The molecule has 0 bridgehead atoms. The number of halogens is 1. The van der Waals surface area contributed by atoms with Gasteiger partial charge in [-0.1, -0.05) is 60.7 Å². The Morgan fingerprint density at radius 2 is 1.82 bits per heavy atom.